The molecule has 3 N–H and O–H groups in total. The van der Waals surface area contributed by atoms with E-state index in [0.29, 0.717) is 6.54 Å². The zero-order valence-electron chi connectivity index (χ0n) is 13.1. The van der Waals surface area contributed by atoms with E-state index < -0.39 is 0 Å². The molecule has 0 radical (unpaired) electrons. The fraction of sp³-hybridized carbons (Fsp3) is 0.625. The minimum atomic E-state index is -0.0977. The number of hydrogen-bond acceptors (Lipinski definition) is 5. The summed E-state index contributed by atoms with van der Waals surface area (Å²) in [5, 5.41) is 3.51. The van der Waals surface area contributed by atoms with E-state index in [1.807, 2.05) is 18.2 Å². The van der Waals surface area contributed by atoms with Gasteiger partial charge in [-0.2, -0.15) is 0 Å². The lowest BCUT2D eigenvalue weighted by Crippen LogP contribution is -2.41. The predicted octanol–water partition coefficient (Wildman–Crippen LogP) is 1.86. The molecule has 1 aliphatic rings. The van der Waals surface area contributed by atoms with Gasteiger partial charge in [0.2, 0.25) is 0 Å². The summed E-state index contributed by atoms with van der Waals surface area (Å²) < 4.78 is 16.7. The molecule has 1 aromatic rings. The van der Waals surface area contributed by atoms with Crippen LogP contribution in [0.5, 0.6) is 11.5 Å². The van der Waals surface area contributed by atoms with Crippen LogP contribution in [0.4, 0.5) is 0 Å². The van der Waals surface area contributed by atoms with E-state index in [-0.39, 0.29) is 11.6 Å². The summed E-state index contributed by atoms with van der Waals surface area (Å²) in [6.07, 6.45) is 2.19. The Morgan fingerprint density at radius 2 is 2.19 bits per heavy atom. The number of nitrogens with two attached hydrogens (primary N) is 1. The predicted molar refractivity (Wildman–Crippen MR) is 82.9 cm³/mol. The maximum atomic E-state index is 5.95. The van der Waals surface area contributed by atoms with Crippen molar-refractivity contribution in [3.05, 3.63) is 23.8 Å². The van der Waals surface area contributed by atoms with E-state index in [1.165, 1.54) is 0 Å². The molecule has 5 heteroatoms. The first-order valence-corrected chi connectivity index (χ1v) is 7.42. The third-order valence-corrected chi connectivity index (χ3v) is 4.07. The molecule has 0 aromatic heterocycles. The van der Waals surface area contributed by atoms with Gasteiger partial charge in [0.15, 0.2) is 11.5 Å². The van der Waals surface area contributed by atoms with Gasteiger partial charge < -0.3 is 25.3 Å². The lowest BCUT2D eigenvalue weighted by atomic mass is 10.0. The highest BCUT2D eigenvalue weighted by Crippen LogP contribution is 2.34. The van der Waals surface area contributed by atoms with Crippen molar-refractivity contribution >= 4 is 0 Å². The first kappa shape index (κ1) is 16.1. The molecule has 118 valence electrons. The summed E-state index contributed by atoms with van der Waals surface area (Å²) in [5.41, 5.74) is 6.87. The van der Waals surface area contributed by atoms with E-state index >= 15 is 0 Å². The van der Waals surface area contributed by atoms with Crippen molar-refractivity contribution in [1.82, 2.24) is 5.32 Å². The van der Waals surface area contributed by atoms with Crippen molar-refractivity contribution in [1.29, 1.82) is 0 Å². The third-order valence-electron chi connectivity index (χ3n) is 4.07. The van der Waals surface area contributed by atoms with Crippen LogP contribution in [0.1, 0.15) is 31.4 Å². The zero-order chi connectivity index (χ0) is 15.3. The third kappa shape index (κ3) is 3.67. The van der Waals surface area contributed by atoms with Gasteiger partial charge in [0.1, 0.15) is 0 Å². The van der Waals surface area contributed by atoms with Crippen LogP contribution in [0.3, 0.4) is 0 Å². The number of ether oxygens (including phenoxy) is 3. The van der Waals surface area contributed by atoms with E-state index in [1.54, 1.807) is 14.2 Å². The largest absolute Gasteiger partial charge is 0.493 e. The van der Waals surface area contributed by atoms with Crippen molar-refractivity contribution in [2.24, 2.45) is 5.73 Å². The van der Waals surface area contributed by atoms with Crippen molar-refractivity contribution in [3.63, 3.8) is 0 Å². The van der Waals surface area contributed by atoms with Crippen molar-refractivity contribution in [2.75, 3.05) is 33.9 Å². The zero-order valence-corrected chi connectivity index (χ0v) is 13.1. The van der Waals surface area contributed by atoms with Crippen LogP contribution in [0.15, 0.2) is 18.2 Å². The molecule has 0 spiro atoms. The van der Waals surface area contributed by atoms with E-state index in [2.05, 4.69) is 12.2 Å². The van der Waals surface area contributed by atoms with Crippen LogP contribution in [0.25, 0.3) is 0 Å². The van der Waals surface area contributed by atoms with Crippen LogP contribution < -0.4 is 20.5 Å². The highest BCUT2D eigenvalue weighted by molar-refractivity contribution is 5.48. The lowest BCUT2D eigenvalue weighted by molar-refractivity contribution is 0.0188. The average Bonchev–Trinajstić information content (AvgIpc) is 2.94. The summed E-state index contributed by atoms with van der Waals surface area (Å²) in [4.78, 5) is 0. The molecule has 0 saturated carbocycles. The summed E-state index contributed by atoms with van der Waals surface area (Å²) in [5.74, 6) is 1.46. The fourth-order valence-electron chi connectivity index (χ4n) is 2.82. The standard InChI is InChI=1S/C16H26N2O3/c1-16(8-5-9-21-16)11-18-13(10-17)12-6-4-7-14(19-2)15(12)20-3/h4,6-7,13,18H,5,8-11,17H2,1-3H3. The topological polar surface area (TPSA) is 65.7 Å². The highest BCUT2D eigenvalue weighted by Gasteiger charge is 2.30. The summed E-state index contributed by atoms with van der Waals surface area (Å²) in [7, 11) is 3.29. The Labute approximate surface area is 126 Å². The molecule has 0 amide bonds. The monoisotopic (exact) mass is 294 g/mol. The van der Waals surface area contributed by atoms with Gasteiger partial charge >= 0.3 is 0 Å². The second-order valence-electron chi connectivity index (χ2n) is 5.65. The van der Waals surface area contributed by atoms with Crippen LogP contribution in [-0.2, 0) is 4.74 Å². The van der Waals surface area contributed by atoms with Gasteiger partial charge in [-0.15, -0.1) is 0 Å². The number of methoxy groups -OCH3 is 2. The first-order chi connectivity index (χ1) is 10.1. The molecule has 0 aliphatic carbocycles. The van der Waals surface area contributed by atoms with Gasteiger partial charge in [-0.05, 0) is 25.8 Å². The summed E-state index contributed by atoms with van der Waals surface area (Å²) in [6.45, 7) is 4.24. The summed E-state index contributed by atoms with van der Waals surface area (Å²) in [6, 6.07) is 5.87. The van der Waals surface area contributed by atoms with Crippen molar-refractivity contribution < 1.29 is 14.2 Å². The molecular weight excluding hydrogens is 268 g/mol. The number of hydrogen-bond donors (Lipinski definition) is 2. The number of para-hydroxylation sites is 1. The average molecular weight is 294 g/mol. The first-order valence-electron chi connectivity index (χ1n) is 7.42. The van der Waals surface area contributed by atoms with Crippen LogP contribution in [0.2, 0.25) is 0 Å². The van der Waals surface area contributed by atoms with Gasteiger partial charge in [0.05, 0.1) is 19.8 Å². The number of nitrogens with one attached hydrogen (secondary N) is 1. The molecule has 1 aliphatic heterocycles. The summed E-state index contributed by atoms with van der Waals surface area (Å²) >= 11 is 0. The molecular formula is C16H26N2O3. The van der Waals surface area contributed by atoms with Crippen LogP contribution in [0, 0.1) is 0 Å². The van der Waals surface area contributed by atoms with Gasteiger partial charge in [0, 0.05) is 31.3 Å². The molecule has 1 saturated heterocycles. The van der Waals surface area contributed by atoms with Gasteiger partial charge in [-0.1, -0.05) is 12.1 Å². The van der Waals surface area contributed by atoms with Crippen LogP contribution >= 0.6 is 0 Å². The normalized spacial score (nSPS) is 23.0. The Balaban J connectivity index is 2.13. The highest BCUT2D eigenvalue weighted by atomic mass is 16.5. The minimum absolute atomic E-state index is 0.0103. The second-order valence-corrected chi connectivity index (χ2v) is 5.65. The van der Waals surface area contributed by atoms with E-state index in [9.17, 15) is 0 Å². The Bertz CT molecular complexity index is 459. The van der Waals surface area contributed by atoms with E-state index in [0.717, 1.165) is 43.1 Å². The van der Waals surface area contributed by atoms with Gasteiger partial charge in [-0.3, -0.25) is 0 Å². The molecule has 1 fully saturated rings. The molecule has 2 rings (SSSR count). The maximum Gasteiger partial charge on any atom is 0.165 e. The fourth-order valence-corrected chi connectivity index (χ4v) is 2.82. The quantitative estimate of drug-likeness (QED) is 0.803. The molecule has 2 atom stereocenters. The van der Waals surface area contributed by atoms with Crippen molar-refractivity contribution in [3.8, 4) is 11.5 Å². The smallest absolute Gasteiger partial charge is 0.165 e. The molecule has 2 unspecified atom stereocenters. The molecule has 0 bridgehead atoms. The Hall–Kier alpha value is -1.30. The molecule has 1 aromatic carbocycles. The Morgan fingerprint density at radius 3 is 2.76 bits per heavy atom. The SMILES string of the molecule is COc1cccc(C(CN)NCC2(C)CCCO2)c1OC. The second kappa shape index (κ2) is 7.11. The number of rotatable bonds is 7. The minimum Gasteiger partial charge on any atom is -0.493 e. The van der Waals surface area contributed by atoms with Crippen LogP contribution in [-0.4, -0.2) is 39.5 Å². The number of benzene rings is 1. The van der Waals surface area contributed by atoms with Crippen molar-refractivity contribution in [2.45, 2.75) is 31.4 Å². The Morgan fingerprint density at radius 1 is 1.38 bits per heavy atom. The Kier molecular flexibility index (Phi) is 5.45. The molecule has 1 heterocycles. The van der Waals surface area contributed by atoms with E-state index in [4.69, 9.17) is 19.9 Å². The van der Waals surface area contributed by atoms with Gasteiger partial charge in [-0.25, -0.2) is 0 Å². The maximum absolute atomic E-state index is 5.95. The molecule has 5 nitrogen and oxygen atoms in total. The van der Waals surface area contributed by atoms with Gasteiger partial charge in [0.25, 0.3) is 0 Å². The molecule has 21 heavy (non-hydrogen) atoms. The lowest BCUT2D eigenvalue weighted by Gasteiger charge is -2.28.